The van der Waals surface area contributed by atoms with Crippen LogP contribution in [0, 0.1) is 17.7 Å². The zero-order chi connectivity index (χ0) is 22.5. The Hall–Kier alpha value is -3.35. The smallest absolute Gasteiger partial charge is 0.238 e. The highest BCUT2D eigenvalue weighted by Gasteiger charge is 2.42. The molecule has 0 atom stereocenters. The molecule has 0 spiro atoms. The van der Waals surface area contributed by atoms with Crippen LogP contribution in [-0.2, 0) is 22.6 Å². The number of carbonyl (C=O) groups excluding carboxylic acids is 2. The molecule has 0 radical (unpaired) electrons. The highest BCUT2D eigenvalue weighted by Crippen LogP contribution is 2.40. The summed E-state index contributed by atoms with van der Waals surface area (Å²) in [6.45, 7) is 0.841. The number of nitrogens with zero attached hydrogens (tertiary/aromatic N) is 4. The van der Waals surface area contributed by atoms with Gasteiger partial charge >= 0.3 is 0 Å². The van der Waals surface area contributed by atoms with Gasteiger partial charge in [0.1, 0.15) is 17.3 Å². The molecule has 0 saturated heterocycles. The maximum atomic E-state index is 13.6. The fraction of sp³-hybridized carbons (Fsp3) is 0.385. The second kappa shape index (κ2) is 7.90. The van der Waals surface area contributed by atoms with Gasteiger partial charge in [0.2, 0.25) is 11.8 Å². The van der Waals surface area contributed by atoms with Crippen LogP contribution < -0.4 is 4.90 Å². The molecule has 168 valence electrons. The first-order valence-electron chi connectivity index (χ1n) is 11.8. The molecule has 0 unspecified atom stereocenters. The Morgan fingerprint density at radius 3 is 2.30 bits per heavy atom. The molecule has 1 aromatic carbocycles. The number of aromatic nitrogens is 3. The Labute approximate surface area is 191 Å². The molecule has 2 fully saturated rings. The summed E-state index contributed by atoms with van der Waals surface area (Å²) in [5.41, 5.74) is 4.61. The highest BCUT2D eigenvalue weighted by atomic mass is 19.1. The van der Waals surface area contributed by atoms with Gasteiger partial charge in [0.15, 0.2) is 0 Å². The normalized spacial score (nSPS) is 17.5. The average Bonchev–Trinajstić information content (AvgIpc) is 3.75. The van der Waals surface area contributed by atoms with Gasteiger partial charge in [0.05, 0.1) is 0 Å². The first-order chi connectivity index (χ1) is 16.1. The first-order valence-corrected chi connectivity index (χ1v) is 11.8. The summed E-state index contributed by atoms with van der Waals surface area (Å²) in [5.74, 6) is -0.307. The van der Waals surface area contributed by atoms with Gasteiger partial charge in [-0.15, -0.1) is 0 Å². The Balaban J connectivity index is 1.47. The number of fused-ring (bicyclic) bond motifs is 1. The molecule has 2 aromatic heterocycles. The Kier molecular flexibility index (Phi) is 4.85. The van der Waals surface area contributed by atoms with E-state index in [2.05, 4.69) is 4.98 Å². The molecule has 7 heteroatoms. The summed E-state index contributed by atoms with van der Waals surface area (Å²) in [5, 5.41) is 4.87. The molecule has 0 N–H and O–H groups in total. The van der Waals surface area contributed by atoms with Crippen molar-refractivity contribution in [2.75, 3.05) is 4.90 Å². The predicted molar refractivity (Wildman–Crippen MR) is 122 cm³/mol. The lowest BCUT2D eigenvalue weighted by Gasteiger charge is -2.21. The molecule has 2 saturated carbocycles. The molecule has 3 heterocycles. The van der Waals surface area contributed by atoms with Crippen LogP contribution in [-0.4, -0.2) is 26.6 Å². The van der Waals surface area contributed by atoms with E-state index in [0.717, 1.165) is 79.6 Å². The number of hydrogen-bond donors (Lipinski definition) is 0. The number of halogens is 1. The number of amides is 2. The molecular weight excluding hydrogens is 419 g/mol. The molecule has 1 aliphatic heterocycles. The zero-order valence-electron chi connectivity index (χ0n) is 18.3. The predicted octanol–water partition coefficient (Wildman–Crippen LogP) is 4.77. The number of anilines is 1. The Morgan fingerprint density at radius 1 is 0.939 bits per heavy atom. The number of aryl methyl sites for hydroxylation is 1. The lowest BCUT2D eigenvalue weighted by molar-refractivity contribution is -0.127. The van der Waals surface area contributed by atoms with Crippen LogP contribution in [0.4, 0.5) is 10.2 Å². The van der Waals surface area contributed by atoms with Crippen LogP contribution in [0.3, 0.4) is 0 Å². The molecule has 3 aliphatic rings. The van der Waals surface area contributed by atoms with Crippen LogP contribution >= 0.6 is 0 Å². The summed E-state index contributed by atoms with van der Waals surface area (Å²) < 4.78 is 15.6. The molecule has 2 amide bonds. The summed E-state index contributed by atoms with van der Waals surface area (Å²) in [6, 6.07) is 10.1. The third-order valence-corrected chi connectivity index (χ3v) is 6.77. The van der Waals surface area contributed by atoms with Gasteiger partial charge in [-0.25, -0.2) is 14.3 Å². The van der Waals surface area contributed by atoms with E-state index in [1.165, 1.54) is 17.0 Å². The summed E-state index contributed by atoms with van der Waals surface area (Å²) in [6.07, 6.45) is 8.03. The monoisotopic (exact) mass is 444 g/mol. The summed E-state index contributed by atoms with van der Waals surface area (Å²) >= 11 is 0. The van der Waals surface area contributed by atoms with E-state index in [-0.39, 0.29) is 29.5 Å². The fourth-order valence-corrected chi connectivity index (χ4v) is 4.66. The first kappa shape index (κ1) is 20.3. The third-order valence-electron chi connectivity index (χ3n) is 6.77. The van der Waals surface area contributed by atoms with E-state index in [1.807, 2.05) is 16.8 Å². The van der Waals surface area contributed by atoms with Crippen molar-refractivity contribution in [2.45, 2.75) is 51.5 Å². The Bertz CT molecular complexity index is 1220. The van der Waals surface area contributed by atoms with Crippen molar-refractivity contribution in [3.05, 3.63) is 54.1 Å². The van der Waals surface area contributed by atoms with Crippen molar-refractivity contribution >= 4 is 17.6 Å². The number of carbonyl (C=O) groups is 2. The molecule has 3 aromatic rings. The number of pyridine rings is 1. The van der Waals surface area contributed by atoms with Crippen LogP contribution in [0.15, 0.2) is 42.6 Å². The maximum absolute atomic E-state index is 13.6. The van der Waals surface area contributed by atoms with Crippen molar-refractivity contribution in [1.82, 2.24) is 14.8 Å². The van der Waals surface area contributed by atoms with Crippen molar-refractivity contribution in [2.24, 2.45) is 11.8 Å². The minimum Gasteiger partial charge on any atom is -0.274 e. The van der Waals surface area contributed by atoms with Gasteiger partial charge in [0, 0.05) is 41.4 Å². The topological polar surface area (TPSA) is 68.1 Å². The number of imide groups is 1. The van der Waals surface area contributed by atoms with Crippen molar-refractivity contribution < 1.29 is 14.0 Å². The third kappa shape index (κ3) is 3.75. The lowest BCUT2D eigenvalue weighted by atomic mass is 9.96. The van der Waals surface area contributed by atoms with E-state index in [4.69, 9.17) is 5.10 Å². The number of rotatable bonds is 5. The van der Waals surface area contributed by atoms with Crippen LogP contribution in [0.1, 0.15) is 44.2 Å². The molecule has 6 rings (SSSR count). The highest BCUT2D eigenvalue weighted by molar-refractivity contribution is 6.17. The van der Waals surface area contributed by atoms with E-state index in [9.17, 15) is 14.0 Å². The summed E-state index contributed by atoms with van der Waals surface area (Å²) in [7, 11) is 0. The van der Waals surface area contributed by atoms with Crippen molar-refractivity contribution in [1.29, 1.82) is 0 Å². The van der Waals surface area contributed by atoms with E-state index in [1.54, 1.807) is 18.3 Å². The van der Waals surface area contributed by atoms with E-state index in [0.29, 0.717) is 5.82 Å². The number of benzene rings is 1. The average molecular weight is 445 g/mol. The molecule has 0 bridgehead atoms. The van der Waals surface area contributed by atoms with Crippen LogP contribution in [0.25, 0.3) is 22.4 Å². The lowest BCUT2D eigenvalue weighted by Crippen LogP contribution is -2.39. The van der Waals surface area contributed by atoms with E-state index < -0.39 is 0 Å². The van der Waals surface area contributed by atoms with Gasteiger partial charge < -0.3 is 0 Å². The van der Waals surface area contributed by atoms with Crippen molar-refractivity contribution in [3.63, 3.8) is 0 Å². The molecular formula is C26H25FN4O2. The minimum atomic E-state index is -0.289. The Morgan fingerprint density at radius 2 is 1.64 bits per heavy atom. The summed E-state index contributed by atoms with van der Waals surface area (Å²) in [4.78, 5) is 31.9. The minimum absolute atomic E-state index is 0.0724. The number of hydrogen-bond acceptors (Lipinski definition) is 4. The second-order valence-electron chi connectivity index (χ2n) is 9.32. The van der Waals surface area contributed by atoms with Crippen LogP contribution in [0.5, 0.6) is 0 Å². The molecule has 33 heavy (non-hydrogen) atoms. The van der Waals surface area contributed by atoms with Gasteiger partial charge in [-0.2, -0.15) is 5.10 Å². The van der Waals surface area contributed by atoms with Gasteiger partial charge in [0.25, 0.3) is 0 Å². The second-order valence-corrected chi connectivity index (χ2v) is 9.32. The van der Waals surface area contributed by atoms with Gasteiger partial charge in [-0.05, 0) is 86.9 Å². The quantitative estimate of drug-likeness (QED) is 0.532. The maximum Gasteiger partial charge on any atom is 0.238 e. The van der Waals surface area contributed by atoms with Crippen molar-refractivity contribution in [3.8, 4) is 22.4 Å². The zero-order valence-corrected chi connectivity index (χ0v) is 18.3. The largest absolute Gasteiger partial charge is 0.274 e. The molecule has 2 aliphatic carbocycles. The van der Waals surface area contributed by atoms with Crippen LogP contribution in [0.2, 0.25) is 0 Å². The van der Waals surface area contributed by atoms with Gasteiger partial charge in [-0.3, -0.25) is 14.3 Å². The standard InChI is InChI=1S/C26H25FN4O2/c27-20-10-8-16(9-11-20)24-23(21-3-1-2-14-30(21)29-24)19-12-13-28-22(15-19)31(25(32)17-4-5-17)26(33)18-6-7-18/h8-13,15,17-18H,1-7,14H2. The molecule has 6 nitrogen and oxygen atoms in total. The fourth-order valence-electron chi connectivity index (χ4n) is 4.66. The van der Waals surface area contributed by atoms with Gasteiger partial charge in [-0.1, -0.05) is 0 Å². The van der Waals surface area contributed by atoms with E-state index >= 15 is 0 Å². The SMILES string of the molecule is O=C(C1CC1)N(C(=O)C1CC1)c1cc(-c2c(-c3ccc(F)cc3)nn3c2CCCC3)ccn1.